The summed E-state index contributed by atoms with van der Waals surface area (Å²) in [6.45, 7) is 5.66. The van der Waals surface area contributed by atoms with Crippen LogP contribution in [0, 0.1) is 0 Å². The molecule has 9 heteroatoms. The highest BCUT2D eigenvalue weighted by molar-refractivity contribution is 8.18. The zero-order valence-corrected chi connectivity index (χ0v) is 20.1. The van der Waals surface area contributed by atoms with Crippen molar-refractivity contribution in [2.24, 2.45) is 0 Å². The highest BCUT2D eigenvalue weighted by atomic mass is 32.2. The van der Waals surface area contributed by atoms with Crippen molar-refractivity contribution in [3.8, 4) is 17.2 Å². The topological polar surface area (TPSA) is 94.2 Å². The number of methoxy groups -OCH3 is 2. The van der Waals surface area contributed by atoms with Gasteiger partial charge < -0.3 is 19.5 Å². The number of nitrogens with one attached hydrogen (secondary N) is 1. The molecule has 34 heavy (non-hydrogen) atoms. The number of benzene rings is 2. The number of amides is 3. The fourth-order valence-electron chi connectivity index (χ4n) is 3.44. The van der Waals surface area contributed by atoms with Crippen LogP contribution in [-0.4, -0.2) is 49.3 Å². The second kappa shape index (κ2) is 11.4. The number of carbonyl (C=O) groups is 3. The van der Waals surface area contributed by atoms with Gasteiger partial charge in [0.05, 0.1) is 31.4 Å². The van der Waals surface area contributed by atoms with Crippen molar-refractivity contribution in [1.82, 2.24) is 4.90 Å². The van der Waals surface area contributed by atoms with Gasteiger partial charge in [-0.1, -0.05) is 18.2 Å². The van der Waals surface area contributed by atoms with E-state index in [4.69, 9.17) is 14.2 Å². The van der Waals surface area contributed by atoms with Gasteiger partial charge in [0.15, 0.2) is 11.5 Å². The molecule has 3 amide bonds. The van der Waals surface area contributed by atoms with E-state index in [9.17, 15) is 14.4 Å². The van der Waals surface area contributed by atoms with Crippen LogP contribution >= 0.6 is 11.8 Å². The largest absolute Gasteiger partial charge is 0.495 e. The number of anilines is 1. The van der Waals surface area contributed by atoms with Crippen LogP contribution in [0.2, 0.25) is 0 Å². The second-order valence-electron chi connectivity index (χ2n) is 7.15. The standard InChI is InChI=1S/C25H26N2O6S/c1-5-9-17-12-16(13-20(33-6-2)23(17)32-4)14-21-24(29)27(25(30)34-21)15-22(28)26-18-10-7-8-11-19(18)31-3/h5,7-8,10-14H,1,6,9,15H2,2-4H3,(H,26,28)/b21-14+. The summed E-state index contributed by atoms with van der Waals surface area (Å²) in [6, 6.07) is 10.5. The highest BCUT2D eigenvalue weighted by Gasteiger charge is 2.36. The van der Waals surface area contributed by atoms with Crippen LogP contribution in [0.1, 0.15) is 18.1 Å². The number of allylic oxidation sites excluding steroid dienone is 1. The van der Waals surface area contributed by atoms with Crippen LogP contribution in [0.15, 0.2) is 54.0 Å². The van der Waals surface area contributed by atoms with Gasteiger partial charge in [-0.2, -0.15) is 0 Å². The summed E-state index contributed by atoms with van der Waals surface area (Å²) in [5.41, 5.74) is 1.96. The van der Waals surface area contributed by atoms with Crippen LogP contribution in [-0.2, 0) is 16.0 Å². The summed E-state index contributed by atoms with van der Waals surface area (Å²) < 4.78 is 16.4. The predicted octanol–water partition coefficient (Wildman–Crippen LogP) is 4.51. The minimum Gasteiger partial charge on any atom is -0.495 e. The third kappa shape index (κ3) is 5.60. The molecule has 3 rings (SSSR count). The summed E-state index contributed by atoms with van der Waals surface area (Å²) in [4.78, 5) is 39.1. The van der Waals surface area contributed by atoms with Crippen molar-refractivity contribution < 1.29 is 28.6 Å². The smallest absolute Gasteiger partial charge is 0.294 e. The van der Waals surface area contributed by atoms with Crippen molar-refractivity contribution in [1.29, 1.82) is 0 Å². The molecule has 1 aliphatic heterocycles. The zero-order valence-electron chi connectivity index (χ0n) is 19.3. The first-order chi connectivity index (χ1) is 16.4. The Bertz CT molecular complexity index is 1140. The molecule has 0 saturated carbocycles. The third-order valence-electron chi connectivity index (χ3n) is 4.88. The van der Waals surface area contributed by atoms with Crippen LogP contribution in [0.5, 0.6) is 17.2 Å². The minimum atomic E-state index is -0.538. The van der Waals surface area contributed by atoms with Crippen LogP contribution in [0.25, 0.3) is 6.08 Å². The number of nitrogens with zero attached hydrogens (tertiary/aromatic N) is 1. The third-order valence-corrected chi connectivity index (χ3v) is 5.78. The SMILES string of the molecule is C=CCc1cc(/C=C2/SC(=O)N(CC(=O)Nc3ccccc3OC)C2=O)cc(OCC)c1OC. The normalized spacial score (nSPS) is 14.3. The van der Waals surface area contributed by atoms with E-state index in [1.807, 2.05) is 13.0 Å². The molecule has 1 fully saturated rings. The summed E-state index contributed by atoms with van der Waals surface area (Å²) in [6.07, 6.45) is 3.89. The van der Waals surface area contributed by atoms with E-state index in [0.29, 0.717) is 41.5 Å². The first-order valence-electron chi connectivity index (χ1n) is 10.5. The number of thioether (sulfide) groups is 1. The van der Waals surface area contributed by atoms with Gasteiger partial charge in [-0.25, -0.2) is 0 Å². The molecule has 0 spiro atoms. The Kier molecular flexibility index (Phi) is 8.37. The van der Waals surface area contributed by atoms with Crippen molar-refractivity contribution in [3.63, 3.8) is 0 Å². The van der Waals surface area contributed by atoms with Crippen LogP contribution < -0.4 is 19.5 Å². The Hall–Kier alpha value is -3.72. The lowest BCUT2D eigenvalue weighted by Gasteiger charge is -2.15. The maximum absolute atomic E-state index is 12.9. The Labute approximate surface area is 202 Å². The van der Waals surface area contributed by atoms with Crippen molar-refractivity contribution in [3.05, 3.63) is 65.1 Å². The molecule has 2 aromatic rings. The number of hydrogen-bond donors (Lipinski definition) is 1. The second-order valence-corrected chi connectivity index (χ2v) is 8.15. The first-order valence-corrected chi connectivity index (χ1v) is 11.4. The van der Waals surface area contributed by atoms with E-state index in [0.717, 1.165) is 22.2 Å². The summed E-state index contributed by atoms with van der Waals surface area (Å²) >= 11 is 0.783. The molecule has 1 N–H and O–H groups in total. The monoisotopic (exact) mass is 482 g/mol. The molecule has 1 aliphatic rings. The fourth-order valence-corrected chi connectivity index (χ4v) is 4.28. The average molecular weight is 483 g/mol. The van der Waals surface area contributed by atoms with Gasteiger partial charge in [0.1, 0.15) is 12.3 Å². The number of rotatable bonds is 10. The molecule has 0 atom stereocenters. The summed E-state index contributed by atoms with van der Waals surface area (Å²) in [5, 5.41) is 2.15. The average Bonchev–Trinajstić information content (AvgIpc) is 3.07. The van der Waals surface area contributed by atoms with Gasteiger partial charge in [-0.15, -0.1) is 6.58 Å². The van der Waals surface area contributed by atoms with Gasteiger partial charge in [-0.05, 0) is 61.0 Å². The number of imide groups is 1. The fraction of sp³-hybridized carbons (Fsp3) is 0.240. The Morgan fingerprint density at radius 3 is 2.59 bits per heavy atom. The molecule has 1 heterocycles. The summed E-state index contributed by atoms with van der Waals surface area (Å²) in [7, 11) is 3.05. The molecule has 178 valence electrons. The van der Waals surface area contributed by atoms with Crippen molar-refractivity contribution >= 4 is 40.6 Å². The molecular formula is C25H26N2O6S. The van der Waals surface area contributed by atoms with Crippen molar-refractivity contribution in [2.45, 2.75) is 13.3 Å². The molecular weight excluding hydrogens is 456 g/mol. The van der Waals surface area contributed by atoms with Gasteiger partial charge in [0, 0.05) is 5.56 Å². The Morgan fingerprint density at radius 1 is 1.15 bits per heavy atom. The van der Waals surface area contributed by atoms with Crippen LogP contribution in [0.4, 0.5) is 10.5 Å². The number of para-hydroxylation sites is 2. The van der Waals surface area contributed by atoms with Gasteiger partial charge >= 0.3 is 0 Å². The van der Waals surface area contributed by atoms with E-state index in [-0.39, 0.29) is 4.91 Å². The first kappa shape index (κ1) is 24.9. The molecule has 0 aromatic heterocycles. The van der Waals surface area contributed by atoms with Crippen LogP contribution in [0.3, 0.4) is 0 Å². The molecule has 1 saturated heterocycles. The Morgan fingerprint density at radius 2 is 1.91 bits per heavy atom. The lowest BCUT2D eigenvalue weighted by molar-refractivity contribution is -0.127. The lowest BCUT2D eigenvalue weighted by Crippen LogP contribution is -2.36. The predicted molar refractivity (Wildman–Crippen MR) is 132 cm³/mol. The number of carbonyl (C=O) groups excluding carboxylic acids is 3. The Balaban J connectivity index is 1.81. The molecule has 8 nitrogen and oxygen atoms in total. The highest BCUT2D eigenvalue weighted by Crippen LogP contribution is 2.37. The maximum Gasteiger partial charge on any atom is 0.294 e. The molecule has 0 bridgehead atoms. The van der Waals surface area contributed by atoms with Crippen molar-refractivity contribution in [2.75, 3.05) is 32.7 Å². The van der Waals surface area contributed by atoms with Gasteiger partial charge in [0.2, 0.25) is 5.91 Å². The van der Waals surface area contributed by atoms with Gasteiger partial charge in [0.25, 0.3) is 11.1 Å². The minimum absolute atomic E-state index is 0.215. The summed E-state index contributed by atoms with van der Waals surface area (Å²) in [5.74, 6) is 0.560. The van der Waals surface area contributed by atoms with E-state index in [1.54, 1.807) is 49.6 Å². The van der Waals surface area contributed by atoms with E-state index in [2.05, 4.69) is 11.9 Å². The van der Waals surface area contributed by atoms with Gasteiger partial charge in [-0.3, -0.25) is 19.3 Å². The zero-order chi connectivity index (χ0) is 24.7. The molecule has 2 aromatic carbocycles. The van der Waals surface area contributed by atoms with E-state index in [1.165, 1.54) is 7.11 Å². The van der Waals surface area contributed by atoms with E-state index < -0.39 is 23.6 Å². The molecule has 0 aliphatic carbocycles. The number of ether oxygens (including phenoxy) is 3. The number of hydrogen-bond acceptors (Lipinski definition) is 7. The van der Waals surface area contributed by atoms with E-state index >= 15 is 0 Å². The quantitative estimate of drug-likeness (QED) is 0.393. The molecule has 0 radical (unpaired) electrons. The lowest BCUT2D eigenvalue weighted by atomic mass is 10.0. The molecule has 0 unspecified atom stereocenters. The maximum atomic E-state index is 12.9.